The summed E-state index contributed by atoms with van der Waals surface area (Å²) in [4.78, 5) is -0.0970. The lowest BCUT2D eigenvalue weighted by Gasteiger charge is -2.10. The first-order chi connectivity index (χ1) is 12.6. The summed E-state index contributed by atoms with van der Waals surface area (Å²) in [6, 6.07) is 12.0. The molecule has 0 aromatic heterocycles. The predicted octanol–water partition coefficient (Wildman–Crippen LogP) is 3.14. The molecule has 0 bridgehead atoms. The van der Waals surface area contributed by atoms with Crippen molar-refractivity contribution in [2.75, 3.05) is 13.2 Å². The predicted molar refractivity (Wildman–Crippen MR) is 98.1 cm³/mol. The van der Waals surface area contributed by atoms with E-state index in [2.05, 4.69) is 4.18 Å². The number of hydrogen-bond donors (Lipinski definition) is 0. The fraction of sp³-hybridized carbons (Fsp3) is 0.333. The van der Waals surface area contributed by atoms with E-state index in [1.807, 2.05) is 6.92 Å². The van der Waals surface area contributed by atoms with Gasteiger partial charge in [-0.2, -0.15) is 16.8 Å². The van der Waals surface area contributed by atoms with Crippen LogP contribution in [0.1, 0.15) is 17.5 Å². The third-order valence-electron chi connectivity index (χ3n) is 3.69. The molecule has 0 aliphatic carbocycles. The van der Waals surface area contributed by atoms with Crippen LogP contribution in [-0.4, -0.2) is 36.2 Å². The first-order valence-corrected chi connectivity index (χ1v) is 11.0. The Morgan fingerprint density at radius 2 is 1.19 bits per heavy atom. The van der Waals surface area contributed by atoms with Gasteiger partial charge in [0.1, 0.15) is 6.17 Å². The second-order valence-corrected chi connectivity index (χ2v) is 9.26. The van der Waals surface area contributed by atoms with Gasteiger partial charge < -0.3 is 0 Å². The van der Waals surface area contributed by atoms with Gasteiger partial charge in [-0.05, 0) is 38.1 Å². The maximum atomic E-state index is 13.9. The molecule has 2 rings (SSSR count). The molecular formula is C18H21FO6S2. The zero-order valence-electron chi connectivity index (χ0n) is 15.0. The molecule has 0 N–H and O–H groups in total. The summed E-state index contributed by atoms with van der Waals surface area (Å²) >= 11 is 0. The van der Waals surface area contributed by atoms with Gasteiger partial charge in [0.2, 0.25) is 0 Å². The molecule has 0 heterocycles. The molecule has 6 nitrogen and oxygen atoms in total. The van der Waals surface area contributed by atoms with E-state index in [1.165, 1.54) is 24.3 Å². The van der Waals surface area contributed by atoms with Crippen LogP contribution in [-0.2, 0) is 28.6 Å². The van der Waals surface area contributed by atoms with Crippen molar-refractivity contribution in [1.29, 1.82) is 0 Å². The summed E-state index contributed by atoms with van der Waals surface area (Å²) in [5.74, 6) is 0. The van der Waals surface area contributed by atoms with Gasteiger partial charge in [0.05, 0.1) is 23.0 Å². The summed E-state index contributed by atoms with van der Waals surface area (Å²) in [6.07, 6.45) is -2.02. The topological polar surface area (TPSA) is 86.7 Å². The van der Waals surface area contributed by atoms with Crippen LogP contribution >= 0.6 is 0 Å². The maximum Gasteiger partial charge on any atom is 0.297 e. The van der Waals surface area contributed by atoms with Crippen molar-refractivity contribution in [2.24, 2.45) is 0 Å². The zero-order valence-corrected chi connectivity index (χ0v) is 16.6. The van der Waals surface area contributed by atoms with Crippen LogP contribution in [0.15, 0.2) is 58.3 Å². The van der Waals surface area contributed by atoms with Crippen molar-refractivity contribution in [3.63, 3.8) is 0 Å². The van der Waals surface area contributed by atoms with Crippen molar-refractivity contribution in [2.45, 2.75) is 36.2 Å². The molecular weight excluding hydrogens is 395 g/mol. The van der Waals surface area contributed by atoms with E-state index >= 15 is 0 Å². The standard InChI is InChI=1S/C18H21FO6S2/c1-14-3-7-17(8-4-14)26(20,21)24-12-11-16(19)13-25-27(22,23)18-9-5-15(2)6-10-18/h3-10,16H,11-13H2,1-2H3. The maximum absolute atomic E-state index is 13.9. The molecule has 148 valence electrons. The highest BCUT2D eigenvalue weighted by molar-refractivity contribution is 7.87. The Balaban J connectivity index is 1.83. The van der Waals surface area contributed by atoms with Crippen LogP contribution in [0, 0.1) is 13.8 Å². The summed E-state index contributed by atoms with van der Waals surface area (Å²) in [6.45, 7) is 2.48. The van der Waals surface area contributed by atoms with Crippen LogP contribution in [0.3, 0.4) is 0 Å². The molecule has 0 amide bonds. The monoisotopic (exact) mass is 416 g/mol. The van der Waals surface area contributed by atoms with Crippen molar-refractivity contribution in [1.82, 2.24) is 0 Å². The minimum absolute atomic E-state index is 0.0262. The second kappa shape index (κ2) is 8.92. The van der Waals surface area contributed by atoms with Gasteiger partial charge in [0.25, 0.3) is 20.2 Å². The van der Waals surface area contributed by atoms with E-state index in [0.717, 1.165) is 11.1 Å². The highest BCUT2D eigenvalue weighted by Gasteiger charge is 2.20. The molecule has 1 atom stereocenters. The summed E-state index contributed by atoms with van der Waals surface area (Å²) in [5, 5.41) is 0. The minimum atomic E-state index is -4.07. The van der Waals surface area contributed by atoms with Gasteiger partial charge in [-0.25, -0.2) is 4.39 Å². The average molecular weight is 416 g/mol. The first-order valence-electron chi connectivity index (χ1n) is 8.16. The lowest BCUT2D eigenvalue weighted by Crippen LogP contribution is -2.18. The molecule has 0 saturated carbocycles. The van der Waals surface area contributed by atoms with Crippen LogP contribution in [0.2, 0.25) is 0 Å². The third-order valence-corrected chi connectivity index (χ3v) is 6.32. The molecule has 0 radical (unpaired) electrons. The van der Waals surface area contributed by atoms with Crippen molar-refractivity contribution < 1.29 is 29.6 Å². The molecule has 0 saturated heterocycles. The Hall–Kier alpha value is -1.81. The average Bonchev–Trinajstić information content (AvgIpc) is 2.61. The van der Waals surface area contributed by atoms with Crippen LogP contribution < -0.4 is 0 Å². The van der Waals surface area contributed by atoms with E-state index in [-0.39, 0.29) is 16.2 Å². The Kier molecular flexibility index (Phi) is 7.10. The Morgan fingerprint density at radius 1 is 0.778 bits per heavy atom. The molecule has 27 heavy (non-hydrogen) atoms. The van der Waals surface area contributed by atoms with Gasteiger partial charge >= 0.3 is 0 Å². The highest BCUT2D eigenvalue weighted by Crippen LogP contribution is 2.16. The Labute approximate surface area is 159 Å². The largest absolute Gasteiger partial charge is 0.297 e. The van der Waals surface area contributed by atoms with Crippen molar-refractivity contribution in [3.8, 4) is 0 Å². The molecule has 2 aromatic rings. The first kappa shape index (κ1) is 21.5. The molecule has 2 aromatic carbocycles. The SMILES string of the molecule is Cc1ccc(S(=O)(=O)OCCC(F)COS(=O)(=O)c2ccc(C)cc2)cc1. The van der Waals surface area contributed by atoms with E-state index < -0.39 is 39.6 Å². The van der Waals surface area contributed by atoms with E-state index in [9.17, 15) is 21.2 Å². The summed E-state index contributed by atoms with van der Waals surface area (Å²) in [7, 11) is -8.06. The van der Waals surface area contributed by atoms with Crippen molar-refractivity contribution >= 4 is 20.2 Å². The molecule has 1 unspecified atom stereocenters. The quantitative estimate of drug-likeness (QED) is 0.584. The summed E-state index contributed by atoms with van der Waals surface area (Å²) in [5.41, 5.74) is 1.77. The Bertz CT molecular complexity index is 952. The molecule has 9 heteroatoms. The second-order valence-electron chi connectivity index (χ2n) is 6.03. The normalized spacial score (nSPS) is 13.4. The number of benzene rings is 2. The number of hydrogen-bond acceptors (Lipinski definition) is 6. The van der Waals surface area contributed by atoms with Gasteiger partial charge in [-0.1, -0.05) is 35.4 Å². The van der Waals surface area contributed by atoms with Crippen LogP contribution in [0.4, 0.5) is 4.39 Å². The number of aryl methyl sites for hydroxylation is 2. The van der Waals surface area contributed by atoms with E-state index in [1.54, 1.807) is 31.2 Å². The smallest absolute Gasteiger partial charge is 0.266 e. The van der Waals surface area contributed by atoms with Gasteiger partial charge in [-0.3, -0.25) is 8.37 Å². The fourth-order valence-electron chi connectivity index (χ4n) is 2.08. The lowest BCUT2D eigenvalue weighted by molar-refractivity contribution is 0.168. The molecule has 0 fully saturated rings. The van der Waals surface area contributed by atoms with E-state index in [0.29, 0.717) is 0 Å². The number of halogens is 1. The molecule has 0 spiro atoms. The molecule has 0 aliphatic rings. The van der Waals surface area contributed by atoms with E-state index in [4.69, 9.17) is 4.18 Å². The van der Waals surface area contributed by atoms with Gasteiger partial charge in [0.15, 0.2) is 0 Å². The van der Waals surface area contributed by atoms with Crippen LogP contribution in [0.5, 0.6) is 0 Å². The Morgan fingerprint density at radius 3 is 1.63 bits per heavy atom. The number of rotatable bonds is 9. The van der Waals surface area contributed by atoms with Gasteiger partial charge in [0, 0.05) is 6.42 Å². The third kappa shape index (κ3) is 6.39. The summed E-state index contributed by atoms with van der Waals surface area (Å²) < 4.78 is 71.3. The van der Waals surface area contributed by atoms with Crippen LogP contribution in [0.25, 0.3) is 0 Å². The highest BCUT2D eigenvalue weighted by atomic mass is 32.2. The lowest BCUT2D eigenvalue weighted by atomic mass is 10.2. The number of alkyl halides is 1. The minimum Gasteiger partial charge on any atom is -0.266 e. The zero-order chi connectivity index (χ0) is 20.1. The van der Waals surface area contributed by atoms with Crippen molar-refractivity contribution in [3.05, 3.63) is 59.7 Å². The van der Waals surface area contributed by atoms with Gasteiger partial charge in [-0.15, -0.1) is 0 Å². The fourth-order valence-corrected chi connectivity index (χ4v) is 3.93. The molecule has 0 aliphatic heterocycles.